The fourth-order valence-corrected chi connectivity index (χ4v) is 13.8. The van der Waals surface area contributed by atoms with Gasteiger partial charge < -0.3 is 52.9 Å². The van der Waals surface area contributed by atoms with Crippen LogP contribution >= 0.6 is 11.3 Å². The van der Waals surface area contributed by atoms with Crippen LogP contribution in [0.3, 0.4) is 0 Å². The van der Waals surface area contributed by atoms with E-state index in [4.69, 9.17) is 31.5 Å². The minimum absolute atomic E-state index is 0.308. The Morgan fingerprint density at radius 3 is 1.29 bits per heavy atom. The number of benzene rings is 3. The summed E-state index contributed by atoms with van der Waals surface area (Å²) in [5.74, 6) is 0.308. The minimum atomic E-state index is -2.80. The molecule has 3 aromatic carbocycles. The number of urea groups is 2. The van der Waals surface area contributed by atoms with Crippen LogP contribution in [0.25, 0.3) is 32.3 Å². The molecule has 4 amide bonds. The Hall–Kier alpha value is -4.18. The minimum Gasteiger partial charge on any atom is -0.507 e. The number of hydrogen-bond donors (Lipinski definition) is 5. The molecule has 5 N–H and O–H groups in total. The fourth-order valence-electron chi connectivity index (χ4n) is 7.52. The lowest BCUT2D eigenvalue weighted by molar-refractivity contribution is 0.0701. The van der Waals surface area contributed by atoms with Gasteiger partial charge in [0.05, 0.1) is 10.6 Å². The summed E-state index contributed by atoms with van der Waals surface area (Å²) < 4.78 is 35.7. The normalized spacial score (nSPS) is 12.3. The van der Waals surface area contributed by atoms with Gasteiger partial charge in [-0.05, 0) is 107 Å². The third-order valence-corrected chi connectivity index (χ3v) is 18.0. The molecule has 0 unspecified atom stereocenters. The lowest BCUT2D eigenvalue weighted by atomic mass is 9.78. The lowest BCUT2D eigenvalue weighted by Crippen LogP contribution is -2.46. The average molecular weight is 966 g/mol. The highest BCUT2D eigenvalue weighted by Crippen LogP contribution is 2.46. The van der Waals surface area contributed by atoms with Gasteiger partial charge in [0.25, 0.3) is 0 Å². The summed E-state index contributed by atoms with van der Waals surface area (Å²) in [6.07, 6.45) is 1.30. The maximum atomic E-state index is 13.0. The highest BCUT2D eigenvalue weighted by atomic mass is 32.1. The van der Waals surface area contributed by atoms with E-state index in [0.29, 0.717) is 94.8 Å². The maximum absolute atomic E-state index is 13.0. The molecule has 0 atom stereocenters. The second-order valence-corrected chi connectivity index (χ2v) is 24.2. The molecule has 14 nitrogen and oxygen atoms in total. The van der Waals surface area contributed by atoms with Crippen LogP contribution in [0.15, 0.2) is 60.7 Å². The van der Waals surface area contributed by atoms with E-state index in [0.717, 1.165) is 43.4 Å². The Bertz CT molecular complexity index is 1960. The summed E-state index contributed by atoms with van der Waals surface area (Å²) in [5, 5.41) is 24.1. The molecule has 1 aromatic heterocycles. The van der Waals surface area contributed by atoms with Gasteiger partial charge in [-0.15, -0.1) is 11.3 Å². The number of phenolic OH excluding ortho intramolecular Hbond substituents is 1. The van der Waals surface area contributed by atoms with E-state index < -0.39 is 17.6 Å². The fraction of sp³-hybridized carbons (Fsp3) is 0.531. The van der Waals surface area contributed by atoms with Crippen molar-refractivity contribution in [3.05, 3.63) is 71.8 Å². The maximum Gasteiger partial charge on any atom is 0.500 e. The van der Waals surface area contributed by atoms with Crippen molar-refractivity contribution in [1.29, 1.82) is 0 Å². The standard InChI is InChI=1S/C49H75N5O9SSi2/c1-13-58-65(59-14-2,60-15-3)31-19-29-50-46(56)52-38-25-21-35(22-26-38)42-44(64-45(54-42)37-33-40(48(7,8)9)43(55)41(34-37)49(10,11)12)36-23-27-39(28-24-36)53-47(57)51-30-20-32-66(61-16-4,62-17-5)63-18-6/h21-28,33-34,55H,13-20,29-32H2,1-12H3,(H2,50,52,56)(H2,51,53,57). The van der Waals surface area contributed by atoms with Crippen molar-refractivity contribution in [1.82, 2.24) is 15.6 Å². The average Bonchev–Trinajstić information content (AvgIpc) is 3.70. The Morgan fingerprint density at radius 1 is 0.576 bits per heavy atom. The number of hydrogen-bond acceptors (Lipinski definition) is 11. The Balaban J connectivity index is 1.57. The van der Waals surface area contributed by atoms with Gasteiger partial charge >= 0.3 is 29.7 Å². The molecule has 66 heavy (non-hydrogen) atoms. The molecular weight excluding hydrogens is 891 g/mol. The quantitative estimate of drug-likeness (QED) is 0.0318. The third-order valence-electron chi connectivity index (χ3n) is 10.5. The first-order chi connectivity index (χ1) is 31.4. The van der Waals surface area contributed by atoms with E-state index in [1.807, 2.05) is 102 Å². The molecule has 4 aromatic rings. The number of aromatic nitrogens is 1. The van der Waals surface area contributed by atoms with Gasteiger partial charge in [-0.2, -0.15) is 0 Å². The van der Waals surface area contributed by atoms with Crippen LogP contribution in [-0.4, -0.2) is 92.5 Å². The van der Waals surface area contributed by atoms with Crippen molar-refractivity contribution in [3.8, 4) is 38.0 Å². The van der Waals surface area contributed by atoms with Crippen LogP contribution in [0.4, 0.5) is 21.0 Å². The van der Waals surface area contributed by atoms with Gasteiger partial charge in [-0.25, -0.2) is 14.6 Å². The summed E-state index contributed by atoms with van der Waals surface area (Å²) in [5.41, 5.74) is 5.79. The first kappa shape index (κ1) is 54.4. The van der Waals surface area contributed by atoms with Crippen LogP contribution in [-0.2, 0) is 37.4 Å². The number of thiazole rings is 1. The zero-order valence-electron chi connectivity index (χ0n) is 41.3. The second kappa shape index (κ2) is 25.3. The SMILES string of the molecule is CCO[Si](CCCNC(=O)Nc1ccc(-c2nc(-c3cc(C(C)(C)C)c(O)c(C(C)(C)C)c3)sc2-c2ccc(NC(=O)NCCC[Si](OCC)(OCC)OCC)cc2)cc1)(OCC)OCC. The molecule has 0 fully saturated rings. The first-order valence-corrected chi connectivity index (χ1v) is 28.1. The Kier molecular flexibility index (Phi) is 20.8. The van der Waals surface area contributed by atoms with Crippen molar-refractivity contribution in [3.63, 3.8) is 0 Å². The molecule has 0 aliphatic carbocycles. The second-order valence-electron chi connectivity index (χ2n) is 17.7. The van der Waals surface area contributed by atoms with Crippen LogP contribution in [0.5, 0.6) is 5.75 Å². The van der Waals surface area contributed by atoms with Crippen LogP contribution in [0, 0.1) is 0 Å². The molecule has 0 aliphatic rings. The first-order valence-electron chi connectivity index (χ1n) is 23.4. The van der Waals surface area contributed by atoms with E-state index in [9.17, 15) is 14.7 Å². The molecule has 17 heteroatoms. The molecule has 4 rings (SSSR count). The molecular formula is C49H75N5O9SSi2. The molecule has 0 saturated carbocycles. The molecule has 364 valence electrons. The molecule has 1 heterocycles. The number of nitrogens with zero attached hydrogens (tertiary/aromatic N) is 1. The topological polar surface area (TPSA) is 171 Å². The van der Waals surface area contributed by atoms with Crippen molar-refractivity contribution in [2.75, 3.05) is 63.4 Å². The van der Waals surface area contributed by atoms with Crippen LogP contribution in [0.1, 0.15) is 107 Å². The summed E-state index contributed by atoms with van der Waals surface area (Å²) in [6, 6.07) is 20.0. The highest BCUT2D eigenvalue weighted by Gasteiger charge is 2.40. The van der Waals surface area contributed by atoms with Crippen LogP contribution < -0.4 is 21.3 Å². The molecule has 0 radical (unpaired) electrons. The van der Waals surface area contributed by atoms with Gasteiger partial charge in [-0.1, -0.05) is 65.8 Å². The molecule has 0 saturated heterocycles. The van der Waals surface area contributed by atoms with E-state index in [-0.39, 0.29) is 22.9 Å². The van der Waals surface area contributed by atoms with E-state index >= 15 is 0 Å². The van der Waals surface area contributed by atoms with Gasteiger partial charge in [-0.3, -0.25) is 0 Å². The largest absolute Gasteiger partial charge is 0.507 e. The van der Waals surface area contributed by atoms with E-state index in [2.05, 4.69) is 62.8 Å². The predicted molar refractivity (Wildman–Crippen MR) is 272 cm³/mol. The summed E-state index contributed by atoms with van der Waals surface area (Å²) in [4.78, 5) is 32.2. The Labute approximate surface area is 399 Å². The smallest absolute Gasteiger partial charge is 0.500 e. The van der Waals surface area contributed by atoms with Gasteiger partial charge in [0.2, 0.25) is 0 Å². The van der Waals surface area contributed by atoms with Crippen LogP contribution in [0.2, 0.25) is 12.1 Å². The number of aromatic hydroxyl groups is 1. The van der Waals surface area contributed by atoms with Gasteiger partial charge in [0.15, 0.2) is 0 Å². The third kappa shape index (κ3) is 15.4. The zero-order chi connectivity index (χ0) is 48.5. The van der Waals surface area contributed by atoms with Crippen molar-refractivity contribution >= 4 is 52.4 Å². The summed E-state index contributed by atoms with van der Waals surface area (Å²) in [6.45, 7) is 28.0. The van der Waals surface area contributed by atoms with Crippen molar-refractivity contribution in [2.45, 2.75) is 119 Å². The number of phenols is 1. The predicted octanol–water partition coefficient (Wildman–Crippen LogP) is 11.6. The van der Waals surface area contributed by atoms with E-state index in [1.54, 1.807) is 11.3 Å². The van der Waals surface area contributed by atoms with Crippen molar-refractivity contribution in [2.24, 2.45) is 0 Å². The number of nitrogens with one attached hydrogen (secondary N) is 4. The number of anilines is 2. The highest BCUT2D eigenvalue weighted by molar-refractivity contribution is 7.19. The summed E-state index contributed by atoms with van der Waals surface area (Å²) in [7, 11) is -5.59. The monoisotopic (exact) mass is 965 g/mol. The molecule has 0 bridgehead atoms. The number of amides is 4. The van der Waals surface area contributed by atoms with Crippen molar-refractivity contribution < 1.29 is 41.3 Å². The summed E-state index contributed by atoms with van der Waals surface area (Å²) >= 11 is 1.56. The van der Waals surface area contributed by atoms with E-state index in [1.165, 1.54) is 0 Å². The van der Waals surface area contributed by atoms with Gasteiger partial charge in [0.1, 0.15) is 10.8 Å². The Morgan fingerprint density at radius 2 is 0.939 bits per heavy atom. The lowest BCUT2D eigenvalue weighted by Gasteiger charge is -2.28. The van der Waals surface area contributed by atoms with Gasteiger partial charge in [0, 0.05) is 98.4 Å². The molecule has 0 spiro atoms. The number of carbonyl (C=O) groups is 2. The zero-order valence-corrected chi connectivity index (χ0v) is 44.1. The molecule has 0 aliphatic heterocycles. The number of carbonyl (C=O) groups excluding carboxylic acids is 2. The number of rotatable bonds is 25.